The lowest BCUT2D eigenvalue weighted by atomic mass is 10.0. The van der Waals surface area contributed by atoms with Gasteiger partial charge in [-0.2, -0.15) is 18.3 Å². The molecule has 6 heteroatoms. The van der Waals surface area contributed by atoms with Crippen molar-refractivity contribution in [3.8, 4) is 0 Å². The summed E-state index contributed by atoms with van der Waals surface area (Å²) < 4.78 is 39.4. The zero-order chi connectivity index (χ0) is 13.9. The number of rotatable bonds is 3. The van der Waals surface area contributed by atoms with Gasteiger partial charge in [0.2, 0.25) is 0 Å². The summed E-state index contributed by atoms with van der Waals surface area (Å²) in [5, 5.41) is 7.32. The molecule has 108 valence electrons. The minimum absolute atomic E-state index is 0.0264. The van der Waals surface area contributed by atoms with Crippen molar-refractivity contribution in [2.45, 2.75) is 57.3 Å². The molecule has 1 saturated carbocycles. The predicted molar refractivity (Wildman–Crippen MR) is 66.8 cm³/mol. The molecule has 0 aromatic carbocycles. The molecule has 1 aromatic rings. The van der Waals surface area contributed by atoms with Gasteiger partial charge >= 0.3 is 6.18 Å². The van der Waals surface area contributed by atoms with Gasteiger partial charge in [-0.15, -0.1) is 0 Å². The predicted octanol–water partition coefficient (Wildman–Crippen LogP) is 3.39. The molecule has 2 unspecified atom stereocenters. The van der Waals surface area contributed by atoms with Crippen LogP contribution in [0.1, 0.15) is 50.6 Å². The fourth-order valence-corrected chi connectivity index (χ4v) is 2.77. The summed E-state index contributed by atoms with van der Waals surface area (Å²) >= 11 is 0. The van der Waals surface area contributed by atoms with E-state index in [1.54, 1.807) is 0 Å². The summed E-state index contributed by atoms with van der Waals surface area (Å²) in [4.78, 5) is 0. The molecule has 2 atom stereocenters. The standard InChI is InChI=1S/C13H20F3N3/c1-2-17-11-6-4-3-5-7-12(11)19-9-10(8-18-19)13(14,15)16/h8-9,11-12,17H,2-7H2,1H3. The molecule has 3 nitrogen and oxygen atoms in total. The Morgan fingerprint density at radius 1 is 1.32 bits per heavy atom. The van der Waals surface area contributed by atoms with Gasteiger partial charge in [0.05, 0.1) is 17.8 Å². The number of hydrogen-bond donors (Lipinski definition) is 1. The Bertz CT molecular complexity index is 400. The van der Waals surface area contributed by atoms with Crippen LogP contribution in [0, 0.1) is 0 Å². The molecular weight excluding hydrogens is 255 g/mol. The first kappa shape index (κ1) is 14.4. The number of alkyl halides is 3. The second-order valence-corrected chi connectivity index (χ2v) is 5.08. The largest absolute Gasteiger partial charge is 0.419 e. The number of aromatic nitrogens is 2. The van der Waals surface area contributed by atoms with Gasteiger partial charge < -0.3 is 5.32 Å². The lowest BCUT2D eigenvalue weighted by Crippen LogP contribution is -2.37. The summed E-state index contributed by atoms with van der Waals surface area (Å²) in [6.07, 6.45) is 2.96. The molecular formula is C13H20F3N3. The van der Waals surface area contributed by atoms with Crippen LogP contribution in [-0.2, 0) is 6.18 Å². The molecule has 2 rings (SSSR count). The second-order valence-electron chi connectivity index (χ2n) is 5.08. The topological polar surface area (TPSA) is 29.9 Å². The molecule has 1 heterocycles. The number of likely N-dealkylation sites (N-methyl/N-ethyl adjacent to an activating group) is 1. The SMILES string of the molecule is CCNC1CCCCCC1n1cc(C(F)(F)F)cn1. The Hall–Kier alpha value is -1.04. The van der Waals surface area contributed by atoms with Gasteiger partial charge in [0, 0.05) is 12.2 Å². The zero-order valence-electron chi connectivity index (χ0n) is 11.1. The molecule has 1 aliphatic carbocycles. The maximum absolute atomic E-state index is 12.6. The average molecular weight is 275 g/mol. The lowest BCUT2D eigenvalue weighted by Gasteiger charge is -2.26. The van der Waals surface area contributed by atoms with Crippen LogP contribution in [0.4, 0.5) is 13.2 Å². The van der Waals surface area contributed by atoms with E-state index in [9.17, 15) is 13.2 Å². The van der Waals surface area contributed by atoms with E-state index in [1.165, 1.54) is 4.68 Å². The van der Waals surface area contributed by atoms with Crippen LogP contribution >= 0.6 is 0 Å². The van der Waals surface area contributed by atoms with Crippen molar-refractivity contribution in [1.82, 2.24) is 15.1 Å². The van der Waals surface area contributed by atoms with Gasteiger partial charge in [-0.05, 0) is 19.4 Å². The van der Waals surface area contributed by atoms with E-state index in [-0.39, 0.29) is 12.1 Å². The van der Waals surface area contributed by atoms with Gasteiger partial charge in [-0.1, -0.05) is 26.2 Å². The number of nitrogens with one attached hydrogen (secondary N) is 1. The van der Waals surface area contributed by atoms with Crippen LogP contribution in [0.5, 0.6) is 0 Å². The second kappa shape index (κ2) is 5.94. The van der Waals surface area contributed by atoms with Gasteiger partial charge in [-0.3, -0.25) is 4.68 Å². The average Bonchev–Trinajstić information content (AvgIpc) is 2.72. The van der Waals surface area contributed by atoms with Crippen molar-refractivity contribution in [3.05, 3.63) is 18.0 Å². The monoisotopic (exact) mass is 275 g/mol. The van der Waals surface area contributed by atoms with Gasteiger partial charge in [0.15, 0.2) is 0 Å². The molecule has 19 heavy (non-hydrogen) atoms. The Labute approximate surface area is 111 Å². The normalized spacial score (nSPS) is 25.3. The molecule has 0 aliphatic heterocycles. The van der Waals surface area contributed by atoms with Crippen molar-refractivity contribution < 1.29 is 13.2 Å². The van der Waals surface area contributed by atoms with E-state index in [1.807, 2.05) is 6.92 Å². The number of hydrogen-bond acceptors (Lipinski definition) is 2. The van der Waals surface area contributed by atoms with Crippen LogP contribution < -0.4 is 5.32 Å². The van der Waals surface area contributed by atoms with Crippen LogP contribution in [-0.4, -0.2) is 22.4 Å². The van der Waals surface area contributed by atoms with E-state index in [4.69, 9.17) is 0 Å². The van der Waals surface area contributed by atoms with Crippen LogP contribution in [0.3, 0.4) is 0 Å². The van der Waals surface area contributed by atoms with Gasteiger partial charge in [0.25, 0.3) is 0 Å². The molecule has 0 radical (unpaired) electrons. The van der Waals surface area contributed by atoms with Crippen molar-refractivity contribution in [1.29, 1.82) is 0 Å². The summed E-state index contributed by atoms with van der Waals surface area (Å²) in [7, 11) is 0. The van der Waals surface area contributed by atoms with E-state index in [0.29, 0.717) is 0 Å². The fraction of sp³-hybridized carbons (Fsp3) is 0.769. The third-order valence-corrected chi connectivity index (χ3v) is 3.71. The first-order valence-electron chi connectivity index (χ1n) is 6.87. The van der Waals surface area contributed by atoms with Crippen molar-refractivity contribution >= 4 is 0 Å². The Morgan fingerprint density at radius 3 is 2.68 bits per heavy atom. The highest BCUT2D eigenvalue weighted by atomic mass is 19.4. The highest BCUT2D eigenvalue weighted by Crippen LogP contribution is 2.32. The van der Waals surface area contributed by atoms with Crippen molar-refractivity contribution in [2.24, 2.45) is 0 Å². The zero-order valence-corrected chi connectivity index (χ0v) is 11.1. The fourth-order valence-electron chi connectivity index (χ4n) is 2.77. The first-order chi connectivity index (χ1) is 9.02. The maximum Gasteiger partial charge on any atom is 0.419 e. The third kappa shape index (κ3) is 3.49. The van der Waals surface area contributed by atoms with E-state index in [2.05, 4.69) is 10.4 Å². The Kier molecular flexibility index (Phi) is 4.50. The summed E-state index contributed by atoms with van der Waals surface area (Å²) in [5.74, 6) is 0. The molecule has 0 saturated heterocycles. The summed E-state index contributed by atoms with van der Waals surface area (Å²) in [6.45, 7) is 2.85. The smallest absolute Gasteiger partial charge is 0.312 e. The molecule has 1 fully saturated rings. The molecule has 0 spiro atoms. The van der Waals surface area contributed by atoms with Crippen molar-refractivity contribution in [3.63, 3.8) is 0 Å². The van der Waals surface area contributed by atoms with Crippen LogP contribution in [0.15, 0.2) is 12.4 Å². The molecule has 1 aromatic heterocycles. The van der Waals surface area contributed by atoms with E-state index < -0.39 is 11.7 Å². The minimum Gasteiger partial charge on any atom is -0.312 e. The summed E-state index contributed by atoms with van der Waals surface area (Å²) in [5.41, 5.74) is -0.660. The lowest BCUT2D eigenvalue weighted by molar-refractivity contribution is -0.137. The molecule has 0 amide bonds. The molecule has 0 bridgehead atoms. The minimum atomic E-state index is -4.31. The Morgan fingerprint density at radius 2 is 2.05 bits per heavy atom. The molecule has 1 N–H and O–H groups in total. The number of nitrogens with zero attached hydrogens (tertiary/aromatic N) is 2. The third-order valence-electron chi connectivity index (χ3n) is 3.71. The van der Waals surface area contributed by atoms with Gasteiger partial charge in [-0.25, -0.2) is 0 Å². The highest BCUT2D eigenvalue weighted by Gasteiger charge is 2.34. The van der Waals surface area contributed by atoms with E-state index >= 15 is 0 Å². The maximum atomic E-state index is 12.6. The summed E-state index contributed by atoms with van der Waals surface area (Å²) in [6, 6.07) is 0.243. The quantitative estimate of drug-likeness (QED) is 0.857. The van der Waals surface area contributed by atoms with Crippen molar-refractivity contribution in [2.75, 3.05) is 6.54 Å². The first-order valence-corrected chi connectivity index (χ1v) is 6.87. The van der Waals surface area contributed by atoms with Crippen LogP contribution in [0.25, 0.3) is 0 Å². The van der Waals surface area contributed by atoms with Gasteiger partial charge in [0.1, 0.15) is 0 Å². The van der Waals surface area contributed by atoms with Crippen LogP contribution in [0.2, 0.25) is 0 Å². The number of halogens is 3. The molecule has 1 aliphatic rings. The Balaban J connectivity index is 2.18. The highest BCUT2D eigenvalue weighted by molar-refractivity contribution is 5.09. The van der Waals surface area contributed by atoms with E-state index in [0.717, 1.165) is 51.0 Å².